The lowest BCUT2D eigenvalue weighted by atomic mass is 10.3. The molecule has 0 aromatic carbocycles. The highest BCUT2D eigenvalue weighted by Gasteiger charge is 2.35. The van der Waals surface area contributed by atoms with Crippen LogP contribution in [0.2, 0.25) is 30.7 Å². The predicted octanol–water partition coefficient (Wildman–Crippen LogP) is 5.17. The fraction of sp³-hybridized carbons (Fsp3) is 1.00. The summed E-state index contributed by atoms with van der Waals surface area (Å²) in [6.07, 6.45) is 3.70. The zero-order valence-corrected chi connectivity index (χ0v) is 21.2. The molecule has 0 fully saturated rings. The third kappa shape index (κ3) is 8.52. The van der Waals surface area contributed by atoms with Crippen LogP contribution in [-0.4, -0.2) is 73.2 Å². The Kier molecular flexibility index (Phi) is 14.4. The van der Waals surface area contributed by atoms with Crippen LogP contribution in [0.1, 0.15) is 53.9 Å². The van der Waals surface area contributed by atoms with Crippen LogP contribution >= 0.6 is 0 Å². The van der Waals surface area contributed by atoms with Crippen molar-refractivity contribution in [1.29, 1.82) is 0 Å². The third-order valence-corrected chi connectivity index (χ3v) is 15.1. The summed E-state index contributed by atoms with van der Waals surface area (Å²) in [5.41, 5.74) is 0. The van der Waals surface area contributed by atoms with Gasteiger partial charge in [0.1, 0.15) is 8.24 Å². The van der Waals surface area contributed by atoms with E-state index in [2.05, 4.69) is 50.6 Å². The molecule has 0 radical (unpaired) electrons. The Hall–Kier alpha value is 0.274. The van der Waals surface area contributed by atoms with Crippen LogP contribution in [-0.2, 0) is 8.85 Å². The van der Waals surface area contributed by atoms with Gasteiger partial charge in [-0.25, -0.2) is 0 Å². The van der Waals surface area contributed by atoms with Crippen molar-refractivity contribution in [2.24, 2.45) is 0 Å². The smallest absolute Gasteiger partial charge is 0.334 e. The molecule has 0 heterocycles. The average molecular weight is 405 g/mol. The molecule has 0 spiro atoms. The fourth-order valence-corrected chi connectivity index (χ4v) is 9.54. The van der Waals surface area contributed by atoms with Crippen LogP contribution in [0.15, 0.2) is 0 Å². The van der Waals surface area contributed by atoms with Gasteiger partial charge in [-0.05, 0) is 69.6 Å². The Morgan fingerprint density at radius 1 is 0.692 bits per heavy atom. The molecule has 0 aromatic heterocycles. The Balaban J connectivity index is 5.00. The van der Waals surface area contributed by atoms with Gasteiger partial charge in [-0.3, -0.25) is 0 Å². The summed E-state index contributed by atoms with van der Waals surface area (Å²) >= 11 is 0. The van der Waals surface area contributed by atoms with Crippen LogP contribution in [0.4, 0.5) is 0 Å². The first-order valence-electron chi connectivity index (χ1n) is 11.0. The maximum atomic E-state index is 5.70. The molecule has 0 bridgehead atoms. The first kappa shape index (κ1) is 26.3. The predicted molar refractivity (Wildman–Crippen MR) is 121 cm³/mol. The average Bonchev–Trinajstić information content (AvgIpc) is 2.67. The maximum absolute atomic E-state index is 5.70. The second kappa shape index (κ2) is 14.3. The molecule has 6 heteroatoms. The molecule has 26 heavy (non-hydrogen) atoms. The molecule has 0 unspecified atom stereocenters. The van der Waals surface area contributed by atoms with E-state index < -0.39 is 16.8 Å². The van der Waals surface area contributed by atoms with Crippen molar-refractivity contribution in [1.82, 2.24) is 9.47 Å². The molecule has 0 saturated heterocycles. The van der Waals surface area contributed by atoms with Gasteiger partial charge >= 0.3 is 8.56 Å². The van der Waals surface area contributed by atoms with E-state index in [-0.39, 0.29) is 0 Å². The van der Waals surface area contributed by atoms with E-state index in [1.807, 2.05) is 14.2 Å². The number of nitrogens with zero attached hydrogens (tertiary/aromatic N) is 2. The van der Waals surface area contributed by atoms with Crippen molar-refractivity contribution in [3.8, 4) is 0 Å². The second-order valence-corrected chi connectivity index (χ2v) is 16.5. The SMILES string of the molecule is CCCN(CCC)CCN(CCC[Si](C)(OC)OC)[Si](CC)(CC)CC. The van der Waals surface area contributed by atoms with Gasteiger partial charge in [0, 0.05) is 27.3 Å². The van der Waals surface area contributed by atoms with E-state index >= 15 is 0 Å². The van der Waals surface area contributed by atoms with E-state index in [0.29, 0.717) is 0 Å². The highest BCUT2D eigenvalue weighted by atomic mass is 28.4. The fourth-order valence-electron chi connectivity index (χ4n) is 4.12. The Morgan fingerprint density at radius 2 is 1.19 bits per heavy atom. The van der Waals surface area contributed by atoms with E-state index in [9.17, 15) is 0 Å². The molecule has 0 aliphatic carbocycles. The number of hydrogen-bond acceptors (Lipinski definition) is 4. The van der Waals surface area contributed by atoms with Crippen LogP contribution < -0.4 is 0 Å². The van der Waals surface area contributed by atoms with E-state index in [0.717, 1.165) is 6.04 Å². The van der Waals surface area contributed by atoms with Crippen LogP contribution in [0.25, 0.3) is 0 Å². The summed E-state index contributed by atoms with van der Waals surface area (Å²) in [6.45, 7) is 20.2. The third-order valence-electron chi connectivity index (χ3n) is 6.33. The topological polar surface area (TPSA) is 24.9 Å². The minimum Gasteiger partial charge on any atom is -0.398 e. The van der Waals surface area contributed by atoms with Gasteiger partial charge in [0.15, 0.2) is 0 Å². The van der Waals surface area contributed by atoms with Crippen LogP contribution in [0.3, 0.4) is 0 Å². The van der Waals surface area contributed by atoms with Gasteiger partial charge in [0.2, 0.25) is 0 Å². The molecule has 0 aliphatic heterocycles. The molecule has 0 aliphatic rings. The zero-order chi connectivity index (χ0) is 20.1. The zero-order valence-electron chi connectivity index (χ0n) is 19.2. The van der Waals surface area contributed by atoms with Crippen molar-refractivity contribution in [2.45, 2.75) is 84.6 Å². The Bertz CT molecular complexity index is 324. The van der Waals surface area contributed by atoms with E-state index in [1.165, 1.54) is 70.1 Å². The summed E-state index contributed by atoms with van der Waals surface area (Å²) in [4.78, 5) is 2.66. The molecular formula is C20H48N2O2Si2. The summed E-state index contributed by atoms with van der Waals surface area (Å²) in [5, 5.41) is 0. The van der Waals surface area contributed by atoms with Gasteiger partial charge in [0.25, 0.3) is 0 Å². The van der Waals surface area contributed by atoms with Gasteiger partial charge < -0.3 is 18.3 Å². The maximum Gasteiger partial charge on any atom is 0.334 e. The largest absolute Gasteiger partial charge is 0.398 e. The van der Waals surface area contributed by atoms with E-state index in [1.54, 1.807) is 0 Å². The molecule has 4 nitrogen and oxygen atoms in total. The van der Waals surface area contributed by atoms with Crippen molar-refractivity contribution in [2.75, 3.05) is 46.9 Å². The van der Waals surface area contributed by atoms with Crippen molar-refractivity contribution >= 4 is 16.8 Å². The minimum absolute atomic E-state index is 1.09. The summed E-state index contributed by atoms with van der Waals surface area (Å²) in [7, 11) is 0.338. The molecule has 158 valence electrons. The standard InChI is InChI=1S/C20H48N2O2Si2/c1-9-15-21(16-10-2)18-19-22(26(11-3,12-4)13-5)17-14-20-25(8,23-6)24-7/h9-20H2,1-8H3. The number of rotatable bonds is 17. The first-order chi connectivity index (χ1) is 12.4. The molecule has 0 atom stereocenters. The van der Waals surface area contributed by atoms with Crippen LogP contribution in [0.5, 0.6) is 0 Å². The van der Waals surface area contributed by atoms with Gasteiger partial charge in [0.05, 0.1) is 0 Å². The summed E-state index contributed by atoms with van der Waals surface area (Å²) < 4.78 is 14.3. The second-order valence-electron chi connectivity index (χ2n) is 7.76. The highest BCUT2D eigenvalue weighted by Crippen LogP contribution is 2.26. The Morgan fingerprint density at radius 3 is 1.58 bits per heavy atom. The monoisotopic (exact) mass is 404 g/mol. The van der Waals surface area contributed by atoms with Crippen molar-refractivity contribution in [3.05, 3.63) is 0 Å². The van der Waals surface area contributed by atoms with Gasteiger partial charge in [-0.15, -0.1) is 0 Å². The van der Waals surface area contributed by atoms with E-state index in [4.69, 9.17) is 8.85 Å². The highest BCUT2D eigenvalue weighted by molar-refractivity contribution is 6.77. The van der Waals surface area contributed by atoms with Gasteiger partial charge in [-0.1, -0.05) is 34.6 Å². The molecule has 0 amide bonds. The number of hydrogen-bond donors (Lipinski definition) is 0. The first-order valence-corrected chi connectivity index (χ1v) is 16.1. The molecular weight excluding hydrogens is 356 g/mol. The van der Waals surface area contributed by atoms with Gasteiger partial charge in [-0.2, -0.15) is 0 Å². The lowest BCUT2D eigenvalue weighted by molar-refractivity contribution is 0.237. The molecule has 0 N–H and O–H groups in total. The minimum atomic E-state index is -1.95. The summed E-state index contributed by atoms with van der Waals surface area (Å²) in [6, 6.07) is 5.19. The lowest BCUT2D eigenvalue weighted by Crippen LogP contribution is -2.55. The van der Waals surface area contributed by atoms with Crippen molar-refractivity contribution in [3.63, 3.8) is 0 Å². The molecule has 0 rings (SSSR count). The summed E-state index contributed by atoms with van der Waals surface area (Å²) in [5.74, 6) is 0. The lowest BCUT2D eigenvalue weighted by Gasteiger charge is -2.42. The quantitative estimate of drug-likeness (QED) is 0.312. The molecule has 0 saturated carbocycles. The Labute approximate surface area is 167 Å². The normalized spacial score (nSPS) is 13.2. The molecule has 0 aromatic rings. The van der Waals surface area contributed by atoms with Crippen molar-refractivity contribution < 1.29 is 8.85 Å². The van der Waals surface area contributed by atoms with Crippen LogP contribution in [0, 0.1) is 0 Å².